The fourth-order valence-electron chi connectivity index (χ4n) is 4.68. The molecule has 31 heavy (non-hydrogen) atoms. The van der Waals surface area contributed by atoms with Crippen LogP contribution in [0, 0.1) is 0 Å². The third-order valence-electron chi connectivity index (χ3n) is 6.06. The highest BCUT2D eigenvalue weighted by Gasteiger charge is 2.20. The van der Waals surface area contributed by atoms with Crippen molar-refractivity contribution >= 4 is 74.4 Å². The first-order chi connectivity index (χ1) is 15.4. The van der Waals surface area contributed by atoms with Crippen molar-refractivity contribution in [3.63, 3.8) is 0 Å². The van der Waals surface area contributed by atoms with Crippen molar-refractivity contribution in [3.05, 3.63) is 95.7 Å². The van der Waals surface area contributed by atoms with Crippen molar-refractivity contribution in [3.8, 4) is 22.3 Å². The van der Waals surface area contributed by atoms with Gasteiger partial charge in [-0.25, -0.2) is 0 Å². The molecule has 0 atom stereocenters. The molecule has 7 rings (SSSR count). The van der Waals surface area contributed by atoms with Crippen LogP contribution in [-0.2, 0) is 0 Å². The van der Waals surface area contributed by atoms with Gasteiger partial charge in [0.25, 0.3) is 0 Å². The van der Waals surface area contributed by atoms with Crippen molar-refractivity contribution in [1.29, 1.82) is 0 Å². The van der Waals surface area contributed by atoms with Crippen LogP contribution in [0.1, 0.15) is 0 Å². The molecule has 0 bridgehead atoms. The Bertz CT molecular complexity index is 1740. The van der Waals surface area contributed by atoms with Crippen LogP contribution in [0.4, 0.5) is 0 Å². The molecule has 0 N–H and O–H groups in total. The smallest absolute Gasteiger partial charge is 0.0362 e. The van der Waals surface area contributed by atoms with Crippen LogP contribution in [-0.4, -0.2) is 0 Å². The average molecular weight is 449 g/mol. The third-order valence-corrected chi connectivity index (χ3v) is 9.13. The molecule has 0 aliphatic rings. The molecule has 0 unspecified atom stereocenters. The van der Waals surface area contributed by atoms with Crippen molar-refractivity contribution in [2.45, 2.75) is 0 Å². The van der Waals surface area contributed by atoms with Gasteiger partial charge in [-0.15, -0.1) is 34.0 Å². The summed E-state index contributed by atoms with van der Waals surface area (Å²) in [4.78, 5) is 0. The maximum Gasteiger partial charge on any atom is 0.0362 e. The molecular weight excluding hydrogens is 433 g/mol. The van der Waals surface area contributed by atoms with Gasteiger partial charge in [-0.1, -0.05) is 60.7 Å². The molecule has 3 aromatic heterocycles. The topological polar surface area (TPSA) is 0 Å². The van der Waals surface area contributed by atoms with Crippen LogP contribution in [0.3, 0.4) is 0 Å². The highest BCUT2D eigenvalue weighted by atomic mass is 32.1. The van der Waals surface area contributed by atoms with Crippen LogP contribution in [0.2, 0.25) is 0 Å². The summed E-state index contributed by atoms with van der Waals surface area (Å²) in [6.07, 6.45) is 0. The Labute approximate surface area is 191 Å². The monoisotopic (exact) mass is 448 g/mol. The SMILES string of the molecule is c1ccc2c(-c3ccc4sc5ccccc5c4c3-c3csc4ccccc34)csc2c1. The minimum absolute atomic E-state index is 1.33. The fraction of sp³-hybridized carbons (Fsp3) is 0. The van der Waals surface area contributed by atoms with E-state index in [0.29, 0.717) is 0 Å². The van der Waals surface area contributed by atoms with Crippen LogP contribution in [0.25, 0.3) is 62.6 Å². The highest BCUT2D eigenvalue weighted by Crippen LogP contribution is 2.49. The molecule has 0 saturated carbocycles. The lowest BCUT2D eigenvalue weighted by atomic mass is 9.90. The van der Waals surface area contributed by atoms with Gasteiger partial charge in [0, 0.05) is 57.0 Å². The van der Waals surface area contributed by atoms with Crippen LogP contribution >= 0.6 is 34.0 Å². The Hall–Kier alpha value is -2.98. The van der Waals surface area contributed by atoms with Gasteiger partial charge >= 0.3 is 0 Å². The van der Waals surface area contributed by atoms with Gasteiger partial charge in [-0.2, -0.15) is 0 Å². The number of hydrogen-bond donors (Lipinski definition) is 0. The molecule has 0 aliphatic carbocycles. The lowest BCUT2D eigenvalue weighted by molar-refractivity contribution is 1.74. The maximum atomic E-state index is 2.35. The normalized spacial score (nSPS) is 11.9. The first-order valence-electron chi connectivity index (χ1n) is 10.3. The van der Waals surface area contributed by atoms with Crippen molar-refractivity contribution in [2.24, 2.45) is 0 Å². The summed E-state index contributed by atoms with van der Waals surface area (Å²) in [5, 5.41) is 10.1. The van der Waals surface area contributed by atoms with E-state index in [4.69, 9.17) is 0 Å². The molecule has 4 aromatic carbocycles. The Kier molecular flexibility index (Phi) is 3.85. The Morgan fingerprint density at radius 2 is 1.00 bits per heavy atom. The molecule has 0 nitrogen and oxygen atoms in total. The van der Waals surface area contributed by atoms with Crippen molar-refractivity contribution < 1.29 is 0 Å². The van der Waals surface area contributed by atoms with Crippen LogP contribution in [0.5, 0.6) is 0 Å². The minimum Gasteiger partial charge on any atom is -0.143 e. The second kappa shape index (κ2) is 6.76. The zero-order valence-corrected chi connectivity index (χ0v) is 18.9. The first kappa shape index (κ1) is 17.7. The minimum atomic E-state index is 1.33. The Morgan fingerprint density at radius 3 is 1.74 bits per heavy atom. The number of thiophene rings is 3. The average Bonchev–Trinajstić information content (AvgIpc) is 3.53. The molecule has 0 aliphatic heterocycles. The van der Waals surface area contributed by atoms with Gasteiger partial charge in [-0.3, -0.25) is 0 Å². The lowest BCUT2D eigenvalue weighted by Gasteiger charge is -2.12. The van der Waals surface area contributed by atoms with E-state index in [1.807, 2.05) is 34.0 Å². The molecule has 0 fully saturated rings. The summed E-state index contributed by atoms with van der Waals surface area (Å²) in [5.41, 5.74) is 5.39. The van der Waals surface area contributed by atoms with Gasteiger partial charge in [-0.05, 0) is 40.6 Å². The van der Waals surface area contributed by atoms with E-state index in [0.717, 1.165) is 0 Å². The summed E-state index contributed by atoms with van der Waals surface area (Å²) in [6.45, 7) is 0. The Morgan fingerprint density at radius 1 is 0.419 bits per heavy atom. The largest absolute Gasteiger partial charge is 0.143 e. The summed E-state index contributed by atoms with van der Waals surface area (Å²) in [7, 11) is 0. The van der Waals surface area contributed by atoms with Gasteiger partial charge < -0.3 is 0 Å². The molecule has 0 amide bonds. The van der Waals surface area contributed by atoms with E-state index in [1.54, 1.807) is 0 Å². The molecule has 3 heterocycles. The van der Waals surface area contributed by atoms with E-state index >= 15 is 0 Å². The van der Waals surface area contributed by atoms with E-state index < -0.39 is 0 Å². The van der Waals surface area contributed by atoms with Gasteiger partial charge in [0.15, 0.2) is 0 Å². The quantitative estimate of drug-likeness (QED) is 0.247. The van der Waals surface area contributed by atoms with E-state index in [9.17, 15) is 0 Å². The molecule has 3 heteroatoms. The predicted octanol–water partition coefficient (Wildman–Crippen LogP) is 9.82. The van der Waals surface area contributed by atoms with Gasteiger partial charge in [0.1, 0.15) is 0 Å². The maximum absolute atomic E-state index is 2.35. The van der Waals surface area contributed by atoms with Gasteiger partial charge in [0.2, 0.25) is 0 Å². The van der Waals surface area contributed by atoms with Crippen molar-refractivity contribution in [2.75, 3.05) is 0 Å². The second-order valence-electron chi connectivity index (χ2n) is 7.75. The zero-order valence-electron chi connectivity index (χ0n) is 16.5. The number of rotatable bonds is 2. The summed E-state index contributed by atoms with van der Waals surface area (Å²) in [5.74, 6) is 0. The molecule has 7 aromatic rings. The number of hydrogen-bond acceptors (Lipinski definition) is 3. The zero-order chi connectivity index (χ0) is 20.4. The lowest BCUT2D eigenvalue weighted by Crippen LogP contribution is -1.85. The predicted molar refractivity (Wildman–Crippen MR) is 141 cm³/mol. The van der Waals surface area contributed by atoms with E-state index in [1.165, 1.54) is 62.6 Å². The van der Waals surface area contributed by atoms with Gasteiger partial charge in [0.05, 0.1) is 0 Å². The van der Waals surface area contributed by atoms with Crippen LogP contribution in [0.15, 0.2) is 95.7 Å². The van der Waals surface area contributed by atoms with E-state index in [-0.39, 0.29) is 0 Å². The molecule has 146 valence electrons. The Balaban J connectivity index is 1.69. The molecule has 0 radical (unpaired) electrons. The number of benzene rings is 4. The fourth-order valence-corrected chi connectivity index (χ4v) is 7.70. The number of fused-ring (bicyclic) bond motifs is 5. The standard InChI is InChI=1S/C28H16S3/c1-4-10-23-17(7-1)21(15-29-23)19-13-14-26-28(20-9-3-6-12-25(20)31-26)27(19)22-16-30-24-11-5-2-8-18(22)24/h1-16H. The molecule has 0 spiro atoms. The molecule has 0 saturated heterocycles. The van der Waals surface area contributed by atoms with Crippen molar-refractivity contribution in [1.82, 2.24) is 0 Å². The first-order valence-corrected chi connectivity index (χ1v) is 12.8. The second-order valence-corrected chi connectivity index (χ2v) is 10.7. The summed E-state index contributed by atoms with van der Waals surface area (Å²) < 4.78 is 5.39. The summed E-state index contributed by atoms with van der Waals surface area (Å²) in [6, 6.07) is 31.0. The highest BCUT2D eigenvalue weighted by molar-refractivity contribution is 7.26. The summed E-state index contributed by atoms with van der Waals surface area (Å²) >= 11 is 5.57. The van der Waals surface area contributed by atoms with Crippen LogP contribution < -0.4 is 0 Å². The molecular formula is C28H16S3. The third kappa shape index (κ3) is 2.58. The van der Waals surface area contributed by atoms with E-state index in [2.05, 4.69) is 95.7 Å².